The molecule has 4 rings (SSSR count). The van der Waals surface area contributed by atoms with Crippen LogP contribution in [0.2, 0.25) is 0 Å². The van der Waals surface area contributed by atoms with Gasteiger partial charge in [0, 0.05) is 35.5 Å². The Morgan fingerprint density at radius 1 is 1.22 bits per heavy atom. The van der Waals surface area contributed by atoms with Crippen molar-refractivity contribution in [2.45, 2.75) is 27.3 Å². The first kappa shape index (κ1) is 17.1. The van der Waals surface area contributed by atoms with Gasteiger partial charge in [-0.1, -0.05) is 12.1 Å². The molecule has 0 amide bonds. The van der Waals surface area contributed by atoms with Crippen LogP contribution in [0, 0.1) is 13.8 Å². The first-order valence-corrected chi connectivity index (χ1v) is 8.83. The molecule has 0 fully saturated rings. The van der Waals surface area contributed by atoms with Crippen molar-refractivity contribution in [3.8, 4) is 28.3 Å². The van der Waals surface area contributed by atoms with E-state index >= 15 is 0 Å². The molecule has 0 unspecified atom stereocenters. The third-order valence-electron chi connectivity index (χ3n) is 4.76. The zero-order valence-electron chi connectivity index (χ0n) is 15.8. The number of aromatic amines is 1. The number of nitrogens with zero attached hydrogens (tertiary/aromatic N) is 4. The van der Waals surface area contributed by atoms with E-state index < -0.39 is 0 Å². The Kier molecular flexibility index (Phi) is 4.07. The van der Waals surface area contributed by atoms with E-state index in [9.17, 15) is 4.79 Å². The number of aromatic nitrogens is 5. The van der Waals surface area contributed by atoms with E-state index in [2.05, 4.69) is 10.2 Å². The molecule has 7 heteroatoms. The lowest BCUT2D eigenvalue weighted by atomic mass is 10.1. The fourth-order valence-electron chi connectivity index (χ4n) is 3.28. The summed E-state index contributed by atoms with van der Waals surface area (Å²) >= 11 is 0. The second kappa shape index (κ2) is 6.42. The Balaban J connectivity index is 1.91. The van der Waals surface area contributed by atoms with E-state index in [1.54, 1.807) is 13.2 Å². The number of hydrogen-bond donors (Lipinski definition) is 1. The average molecular weight is 363 g/mol. The summed E-state index contributed by atoms with van der Waals surface area (Å²) in [5.74, 6) is 0.758. The molecule has 27 heavy (non-hydrogen) atoms. The standard InChI is InChI=1S/C20H21N5O2/c1-5-24-11-16(13(3)22-24)17-10-18(26)25-20(21-17)12(2)19(23-25)14-7-6-8-15(9-14)27-4/h6-11,23H,5H2,1-4H3. The van der Waals surface area contributed by atoms with Crippen LogP contribution in [0.1, 0.15) is 18.2 Å². The number of rotatable bonds is 4. The largest absolute Gasteiger partial charge is 0.497 e. The highest BCUT2D eigenvalue weighted by molar-refractivity contribution is 5.73. The highest BCUT2D eigenvalue weighted by Crippen LogP contribution is 2.28. The van der Waals surface area contributed by atoms with Crippen LogP contribution >= 0.6 is 0 Å². The molecule has 3 heterocycles. The van der Waals surface area contributed by atoms with Crippen LogP contribution in [-0.2, 0) is 6.54 Å². The van der Waals surface area contributed by atoms with Crippen molar-refractivity contribution < 1.29 is 4.74 Å². The number of fused-ring (bicyclic) bond motifs is 1. The van der Waals surface area contributed by atoms with Crippen LogP contribution in [0.5, 0.6) is 5.75 Å². The number of benzene rings is 1. The van der Waals surface area contributed by atoms with Gasteiger partial charge in [0.05, 0.1) is 24.2 Å². The first-order valence-electron chi connectivity index (χ1n) is 8.83. The van der Waals surface area contributed by atoms with Gasteiger partial charge in [-0.05, 0) is 32.9 Å². The molecular formula is C20H21N5O2. The van der Waals surface area contributed by atoms with Gasteiger partial charge in [0.1, 0.15) is 5.75 Å². The van der Waals surface area contributed by atoms with E-state index in [0.29, 0.717) is 11.3 Å². The fourth-order valence-corrected chi connectivity index (χ4v) is 3.28. The second-order valence-electron chi connectivity index (χ2n) is 6.47. The van der Waals surface area contributed by atoms with Gasteiger partial charge in [-0.25, -0.2) is 9.50 Å². The third kappa shape index (κ3) is 2.81. The molecule has 3 aromatic heterocycles. The molecule has 7 nitrogen and oxygen atoms in total. The van der Waals surface area contributed by atoms with Crippen LogP contribution in [0.15, 0.2) is 41.3 Å². The normalized spacial score (nSPS) is 11.3. The highest BCUT2D eigenvalue weighted by atomic mass is 16.5. The summed E-state index contributed by atoms with van der Waals surface area (Å²) in [6, 6.07) is 9.25. The quantitative estimate of drug-likeness (QED) is 0.604. The van der Waals surface area contributed by atoms with E-state index in [4.69, 9.17) is 9.72 Å². The topological polar surface area (TPSA) is 77.2 Å². The van der Waals surface area contributed by atoms with Crippen LogP contribution in [0.3, 0.4) is 0 Å². The molecule has 4 aromatic rings. The number of hydrogen-bond acceptors (Lipinski definition) is 4. The lowest BCUT2D eigenvalue weighted by Crippen LogP contribution is -2.14. The Labute approximate surface area is 156 Å². The maximum atomic E-state index is 12.7. The van der Waals surface area contributed by atoms with Crippen molar-refractivity contribution >= 4 is 5.65 Å². The molecule has 0 atom stereocenters. The summed E-state index contributed by atoms with van der Waals surface area (Å²) in [5, 5.41) is 7.63. The van der Waals surface area contributed by atoms with E-state index in [-0.39, 0.29) is 5.56 Å². The van der Waals surface area contributed by atoms with E-state index in [0.717, 1.165) is 40.4 Å². The molecule has 0 aliphatic heterocycles. The highest BCUT2D eigenvalue weighted by Gasteiger charge is 2.16. The number of H-pyrrole nitrogens is 1. The minimum atomic E-state index is -0.157. The fraction of sp³-hybridized carbons (Fsp3) is 0.250. The summed E-state index contributed by atoms with van der Waals surface area (Å²) in [4.78, 5) is 17.5. The summed E-state index contributed by atoms with van der Waals surface area (Å²) in [7, 11) is 1.63. The van der Waals surface area contributed by atoms with Crippen molar-refractivity contribution in [2.75, 3.05) is 7.11 Å². The second-order valence-corrected chi connectivity index (χ2v) is 6.47. The van der Waals surface area contributed by atoms with Crippen molar-refractivity contribution in [1.29, 1.82) is 0 Å². The van der Waals surface area contributed by atoms with Crippen LogP contribution in [0.25, 0.3) is 28.2 Å². The molecule has 0 radical (unpaired) electrons. The smallest absolute Gasteiger partial charge is 0.273 e. The Hall–Kier alpha value is -3.35. The van der Waals surface area contributed by atoms with Gasteiger partial charge in [0.15, 0.2) is 5.65 Å². The molecular weight excluding hydrogens is 342 g/mol. The maximum Gasteiger partial charge on any atom is 0.273 e. The number of aryl methyl sites for hydroxylation is 3. The molecule has 0 saturated carbocycles. The SMILES string of the molecule is CCn1cc(-c2cc(=O)n3[nH]c(-c4cccc(OC)c4)c(C)c3n2)c(C)n1. The summed E-state index contributed by atoms with van der Waals surface area (Å²) in [5.41, 5.74) is 5.51. The average Bonchev–Trinajstić information content (AvgIpc) is 3.22. The minimum Gasteiger partial charge on any atom is -0.497 e. The summed E-state index contributed by atoms with van der Waals surface area (Å²) < 4.78 is 8.64. The molecule has 0 bridgehead atoms. The predicted molar refractivity (Wildman–Crippen MR) is 104 cm³/mol. The number of nitrogens with one attached hydrogen (secondary N) is 1. The van der Waals surface area contributed by atoms with Gasteiger partial charge in [-0.2, -0.15) is 5.10 Å². The van der Waals surface area contributed by atoms with Crippen molar-refractivity contribution in [2.24, 2.45) is 0 Å². The Bertz CT molecular complexity index is 1200. The lowest BCUT2D eigenvalue weighted by molar-refractivity contribution is 0.415. The van der Waals surface area contributed by atoms with Crippen molar-refractivity contribution in [1.82, 2.24) is 24.4 Å². The summed E-state index contributed by atoms with van der Waals surface area (Å²) in [6.07, 6.45) is 1.93. The predicted octanol–water partition coefficient (Wildman–Crippen LogP) is 3.20. The summed E-state index contributed by atoms with van der Waals surface area (Å²) in [6.45, 7) is 6.68. The molecule has 1 N–H and O–H groups in total. The van der Waals surface area contributed by atoms with Gasteiger partial charge in [-0.3, -0.25) is 14.6 Å². The number of methoxy groups -OCH3 is 1. The Morgan fingerprint density at radius 2 is 2.04 bits per heavy atom. The van der Waals surface area contributed by atoms with Gasteiger partial charge in [0.2, 0.25) is 0 Å². The Morgan fingerprint density at radius 3 is 2.74 bits per heavy atom. The van der Waals surface area contributed by atoms with Gasteiger partial charge >= 0.3 is 0 Å². The molecule has 138 valence electrons. The molecule has 0 aliphatic carbocycles. The third-order valence-corrected chi connectivity index (χ3v) is 4.76. The number of ether oxygens (including phenoxy) is 1. The molecule has 0 spiro atoms. The van der Waals surface area contributed by atoms with Gasteiger partial charge in [0.25, 0.3) is 5.56 Å². The monoisotopic (exact) mass is 363 g/mol. The van der Waals surface area contributed by atoms with Crippen LogP contribution in [-0.4, -0.2) is 31.5 Å². The van der Waals surface area contributed by atoms with Gasteiger partial charge < -0.3 is 4.74 Å². The zero-order chi connectivity index (χ0) is 19.1. The molecule has 1 aromatic carbocycles. The van der Waals surface area contributed by atoms with Crippen molar-refractivity contribution in [3.63, 3.8) is 0 Å². The molecule has 0 aliphatic rings. The minimum absolute atomic E-state index is 0.157. The zero-order valence-corrected chi connectivity index (χ0v) is 15.8. The van der Waals surface area contributed by atoms with E-state index in [1.807, 2.05) is 55.9 Å². The van der Waals surface area contributed by atoms with Crippen LogP contribution in [0.4, 0.5) is 0 Å². The van der Waals surface area contributed by atoms with Crippen LogP contribution < -0.4 is 10.3 Å². The van der Waals surface area contributed by atoms with E-state index in [1.165, 1.54) is 4.52 Å². The molecule has 0 saturated heterocycles. The maximum absolute atomic E-state index is 12.7. The lowest BCUT2D eigenvalue weighted by Gasteiger charge is -2.03. The van der Waals surface area contributed by atoms with Gasteiger partial charge in [-0.15, -0.1) is 0 Å². The van der Waals surface area contributed by atoms with Crippen molar-refractivity contribution in [3.05, 3.63) is 58.1 Å². The first-order chi connectivity index (χ1) is 13.0.